The van der Waals surface area contributed by atoms with Gasteiger partial charge < -0.3 is 20.9 Å². The van der Waals surface area contributed by atoms with Crippen molar-refractivity contribution in [3.63, 3.8) is 0 Å². The van der Waals surface area contributed by atoms with Gasteiger partial charge in [-0.2, -0.15) is 0 Å². The minimum Gasteiger partial charge on any atom is -0.504 e. The Morgan fingerprint density at radius 1 is 1.10 bits per heavy atom. The van der Waals surface area contributed by atoms with Gasteiger partial charge in [-0.05, 0) is 71.3 Å². The lowest BCUT2D eigenvalue weighted by molar-refractivity contribution is 0.344. The molecule has 152 valence electrons. The maximum absolute atomic E-state index is 10.1. The number of anilines is 1. The first-order chi connectivity index (χ1) is 14.6. The molecule has 5 nitrogen and oxygen atoms in total. The minimum absolute atomic E-state index is 0.0869. The summed E-state index contributed by atoms with van der Waals surface area (Å²) in [6.07, 6.45) is 2.08. The molecule has 0 spiro atoms. The average molecular weight is 399 g/mol. The van der Waals surface area contributed by atoms with Crippen molar-refractivity contribution in [3.05, 3.63) is 88.5 Å². The number of phenols is 1. The second kappa shape index (κ2) is 7.10. The topological polar surface area (TPSA) is 91.4 Å². The normalized spacial score (nSPS) is 21.6. The number of phenolic OH excluding ortho intramolecular Hbond substituents is 1. The number of amidine groups is 1. The van der Waals surface area contributed by atoms with Gasteiger partial charge in [0, 0.05) is 17.2 Å². The molecule has 2 aliphatic rings. The predicted molar refractivity (Wildman–Crippen MR) is 119 cm³/mol. The zero-order valence-electron chi connectivity index (χ0n) is 16.9. The first-order valence-corrected chi connectivity index (χ1v) is 10.3. The monoisotopic (exact) mass is 399 g/mol. The maximum atomic E-state index is 10.1. The molecule has 0 saturated carbocycles. The molecule has 3 aromatic carbocycles. The molecule has 1 heterocycles. The van der Waals surface area contributed by atoms with Crippen molar-refractivity contribution in [1.29, 1.82) is 5.41 Å². The number of aryl methyl sites for hydroxylation is 1. The van der Waals surface area contributed by atoms with Gasteiger partial charge in [-0.25, -0.2) is 0 Å². The van der Waals surface area contributed by atoms with Gasteiger partial charge in [0.15, 0.2) is 11.5 Å². The molecule has 0 radical (unpaired) electrons. The fourth-order valence-corrected chi connectivity index (χ4v) is 5.15. The molecule has 3 unspecified atom stereocenters. The number of nitrogen functional groups attached to an aromatic ring is 1. The Morgan fingerprint density at radius 3 is 2.73 bits per heavy atom. The Balaban J connectivity index is 1.68. The van der Waals surface area contributed by atoms with Crippen molar-refractivity contribution in [2.24, 2.45) is 11.7 Å². The Bertz CT molecular complexity index is 1140. The minimum atomic E-state index is 0.0869. The van der Waals surface area contributed by atoms with Crippen LogP contribution in [0.1, 0.15) is 46.2 Å². The fourth-order valence-electron chi connectivity index (χ4n) is 5.15. The van der Waals surface area contributed by atoms with E-state index < -0.39 is 0 Å². The maximum Gasteiger partial charge on any atom is 0.160 e. The molecule has 5 rings (SSSR count). The molecule has 0 aromatic heterocycles. The third kappa shape index (κ3) is 2.89. The van der Waals surface area contributed by atoms with E-state index in [1.54, 1.807) is 13.2 Å². The highest BCUT2D eigenvalue weighted by molar-refractivity contribution is 5.95. The number of hydrogen-bond donors (Lipinski definition) is 4. The Labute approximate surface area is 176 Å². The number of fused-ring (bicyclic) bond motifs is 5. The van der Waals surface area contributed by atoms with Crippen LogP contribution in [0.2, 0.25) is 0 Å². The van der Waals surface area contributed by atoms with Crippen LogP contribution in [0.4, 0.5) is 5.69 Å². The lowest BCUT2D eigenvalue weighted by Crippen LogP contribution is -2.35. The molecule has 3 aromatic rings. The lowest BCUT2D eigenvalue weighted by Gasteiger charge is -2.45. The molecule has 1 aliphatic heterocycles. The van der Waals surface area contributed by atoms with Crippen molar-refractivity contribution in [3.8, 4) is 11.5 Å². The smallest absolute Gasteiger partial charge is 0.160 e. The first kappa shape index (κ1) is 18.6. The number of ether oxygens (including phenoxy) is 1. The van der Waals surface area contributed by atoms with E-state index in [0.29, 0.717) is 11.7 Å². The Morgan fingerprint density at radius 2 is 1.93 bits per heavy atom. The van der Waals surface area contributed by atoms with Gasteiger partial charge >= 0.3 is 0 Å². The van der Waals surface area contributed by atoms with Gasteiger partial charge in [0.2, 0.25) is 0 Å². The number of nitrogens with one attached hydrogen (secondary N) is 2. The molecule has 0 fully saturated rings. The molecule has 5 N–H and O–H groups in total. The highest BCUT2D eigenvalue weighted by Gasteiger charge is 2.41. The summed E-state index contributed by atoms with van der Waals surface area (Å²) in [5.41, 5.74) is 12.7. The third-order valence-electron chi connectivity index (χ3n) is 6.56. The molecule has 30 heavy (non-hydrogen) atoms. The van der Waals surface area contributed by atoms with Crippen LogP contribution in [-0.2, 0) is 6.42 Å². The second-order valence-electron chi connectivity index (χ2n) is 8.15. The van der Waals surface area contributed by atoms with Gasteiger partial charge in [-0.3, -0.25) is 5.41 Å². The van der Waals surface area contributed by atoms with Gasteiger partial charge in [-0.1, -0.05) is 30.3 Å². The molecule has 0 bridgehead atoms. The summed E-state index contributed by atoms with van der Waals surface area (Å²) in [5, 5.41) is 21.7. The van der Waals surface area contributed by atoms with Crippen LogP contribution in [0, 0.1) is 11.3 Å². The Kier molecular flexibility index (Phi) is 4.39. The molecule has 0 amide bonds. The summed E-state index contributed by atoms with van der Waals surface area (Å²) >= 11 is 0. The summed E-state index contributed by atoms with van der Waals surface area (Å²) in [4.78, 5) is 0. The van der Waals surface area contributed by atoms with E-state index in [4.69, 9.17) is 15.9 Å². The largest absolute Gasteiger partial charge is 0.504 e. The molecule has 5 heteroatoms. The van der Waals surface area contributed by atoms with Gasteiger partial charge in [0.25, 0.3) is 0 Å². The number of aromatic hydroxyl groups is 1. The van der Waals surface area contributed by atoms with E-state index in [1.165, 1.54) is 16.7 Å². The highest BCUT2D eigenvalue weighted by atomic mass is 16.5. The number of rotatable bonds is 3. The zero-order valence-corrected chi connectivity index (χ0v) is 16.9. The van der Waals surface area contributed by atoms with E-state index in [1.807, 2.05) is 24.3 Å². The SMILES string of the molecule is COc1cc(C2Nc3ccc(C(=N)N)cc3C3c4ccccc4CCC23)ccc1O. The first-order valence-electron chi connectivity index (χ1n) is 10.3. The molecular weight excluding hydrogens is 374 g/mol. The van der Waals surface area contributed by atoms with Crippen LogP contribution in [0.3, 0.4) is 0 Å². The summed E-state index contributed by atoms with van der Waals surface area (Å²) < 4.78 is 5.37. The van der Waals surface area contributed by atoms with Crippen LogP contribution in [0.15, 0.2) is 60.7 Å². The van der Waals surface area contributed by atoms with Crippen LogP contribution in [-0.4, -0.2) is 18.1 Å². The predicted octanol–water partition coefficient (Wildman–Crippen LogP) is 4.55. The van der Waals surface area contributed by atoms with Gasteiger partial charge in [-0.15, -0.1) is 0 Å². The second-order valence-corrected chi connectivity index (χ2v) is 8.15. The number of nitrogens with two attached hydrogens (primary N) is 1. The molecule has 0 saturated heterocycles. The Hall–Kier alpha value is -3.47. The van der Waals surface area contributed by atoms with Crippen LogP contribution >= 0.6 is 0 Å². The van der Waals surface area contributed by atoms with Crippen molar-refractivity contribution < 1.29 is 9.84 Å². The fraction of sp³-hybridized carbons (Fsp3) is 0.240. The van der Waals surface area contributed by atoms with Crippen molar-refractivity contribution in [2.45, 2.75) is 24.8 Å². The van der Waals surface area contributed by atoms with Gasteiger partial charge in [0.05, 0.1) is 13.2 Å². The lowest BCUT2D eigenvalue weighted by atomic mass is 9.65. The standard InChI is InChI=1S/C25H25N3O2/c1-30-22-13-15(8-11-21(22)29)24-18-9-6-14-4-2-3-5-17(14)23(18)19-12-16(25(26)27)7-10-20(19)28-24/h2-5,7-8,10-13,18,23-24,28-29H,6,9H2,1H3,(H3,26,27). The van der Waals surface area contributed by atoms with E-state index in [9.17, 15) is 5.11 Å². The quantitative estimate of drug-likeness (QED) is 0.384. The summed E-state index contributed by atoms with van der Waals surface area (Å²) in [7, 11) is 1.57. The van der Waals surface area contributed by atoms with Crippen LogP contribution in [0.5, 0.6) is 11.5 Å². The summed E-state index contributed by atoms with van der Waals surface area (Å²) in [6, 6.07) is 20.4. The molecule has 1 aliphatic carbocycles. The zero-order chi connectivity index (χ0) is 20.8. The summed E-state index contributed by atoms with van der Waals surface area (Å²) in [5.74, 6) is 1.27. The van der Waals surface area contributed by atoms with Crippen LogP contribution < -0.4 is 15.8 Å². The van der Waals surface area contributed by atoms with Gasteiger partial charge in [0.1, 0.15) is 5.84 Å². The highest BCUT2D eigenvalue weighted by Crippen LogP contribution is 2.53. The van der Waals surface area contributed by atoms with Crippen LogP contribution in [0.25, 0.3) is 0 Å². The van der Waals surface area contributed by atoms with Crippen molar-refractivity contribution >= 4 is 11.5 Å². The van der Waals surface area contributed by atoms with E-state index in [2.05, 4.69) is 35.6 Å². The summed E-state index contributed by atoms with van der Waals surface area (Å²) in [6.45, 7) is 0. The number of methoxy groups -OCH3 is 1. The average Bonchev–Trinajstić information content (AvgIpc) is 2.78. The van der Waals surface area contributed by atoms with E-state index >= 15 is 0 Å². The number of hydrogen-bond acceptors (Lipinski definition) is 4. The van der Waals surface area contributed by atoms with Crippen molar-refractivity contribution in [2.75, 3.05) is 12.4 Å². The van der Waals surface area contributed by atoms with Crippen molar-refractivity contribution in [1.82, 2.24) is 0 Å². The molecule has 3 atom stereocenters. The number of benzene rings is 3. The van der Waals surface area contributed by atoms with E-state index in [0.717, 1.165) is 29.7 Å². The van der Waals surface area contributed by atoms with E-state index in [-0.39, 0.29) is 23.5 Å². The molecular formula is C25H25N3O2. The third-order valence-corrected chi connectivity index (χ3v) is 6.56.